The van der Waals surface area contributed by atoms with Crippen molar-refractivity contribution in [3.05, 3.63) is 64.3 Å². The smallest absolute Gasteiger partial charge is 0.266 e. The summed E-state index contributed by atoms with van der Waals surface area (Å²) < 4.78 is 24.9. The molecule has 0 spiro atoms. The minimum Gasteiger partial charge on any atom is -0.490 e. The van der Waals surface area contributed by atoms with E-state index in [9.17, 15) is 9.18 Å². The minimum absolute atomic E-state index is 0.0425. The summed E-state index contributed by atoms with van der Waals surface area (Å²) in [6, 6.07) is 11.8. The van der Waals surface area contributed by atoms with Crippen molar-refractivity contribution >= 4 is 28.9 Å². The normalized spacial score (nSPS) is 16.5. The number of likely N-dealkylation sites (N-methyl/N-ethyl adjacent to an activating group) is 1. The lowest BCUT2D eigenvalue weighted by molar-refractivity contribution is -0.122. The SMILES string of the molecule is CCN=C1S/C(=C/c2ccc(OCc3cccc(F)c3)c(OCC)c2)C(=O)N1CC. The molecular formula is C23H25FN2O3S. The van der Waals surface area contributed by atoms with E-state index in [0.717, 1.165) is 16.3 Å². The number of carbonyl (C=O) groups excluding carboxylic acids is 1. The Bertz CT molecular complexity index is 975. The highest BCUT2D eigenvalue weighted by Crippen LogP contribution is 2.35. The molecule has 1 aliphatic heterocycles. The molecule has 30 heavy (non-hydrogen) atoms. The second-order valence-electron chi connectivity index (χ2n) is 6.47. The molecule has 0 aromatic heterocycles. The topological polar surface area (TPSA) is 51.1 Å². The van der Waals surface area contributed by atoms with Gasteiger partial charge in [-0.3, -0.25) is 14.7 Å². The first-order valence-electron chi connectivity index (χ1n) is 9.95. The highest BCUT2D eigenvalue weighted by atomic mass is 32.2. The maximum Gasteiger partial charge on any atom is 0.266 e. The van der Waals surface area contributed by atoms with Crippen LogP contribution in [0.1, 0.15) is 31.9 Å². The molecule has 2 aromatic carbocycles. The van der Waals surface area contributed by atoms with Crippen LogP contribution < -0.4 is 9.47 Å². The molecular weight excluding hydrogens is 403 g/mol. The maximum atomic E-state index is 13.4. The first-order chi connectivity index (χ1) is 14.5. The van der Waals surface area contributed by atoms with E-state index in [-0.39, 0.29) is 18.3 Å². The van der Waals surface area contributed by atoms with Gasteiger partial charge in [0.1, 0.15) is 12.4 Å². The Balaban J connectivity index is 1.81. The fourth-order valence-corrected chi connectivity index (χ4v) is 4.09. The van der Waals surface area contributed by atoms with Crippen LogP contribution in [0.5, 0.6) is 11.5 Å². The molecule has 0 radical (unpaired) electrons. The first-order valence-corrected chi connectivity index (χ1v) is 10.8. The highest BCUT2D eigenvalue weighted by molar-refractivity contribution is 8.18. The van der Waals surface area contributed by atoms with Gasteiger partial charge in [-0.2, -0.15) is 0 Å². The van der Waals surface area contributed by atoms with Crippen LogP contribution in [0.25, 0.3) is 6.08 Å². The number of nitrogens with zero attached hydrogens (tertiary/aromatic N) is 2. The van der Waals surface area contributed by atoms with Crippen molar-refractivity contribution in [2.45, 2.75) is 27.4 Å². The average Bonchev–Trinajstić information content (AvgIpc) is 3.02. The summed E-state index contributed by atoms with van der Waals surface area (Å²) >= 11 is 1.38. The Labute approximate surface area is 180 Å². The average molecular weight is 429 g/mol. The summed E-state index contributed by atoms with van der Waals surface area (Å²) in [6.45, 7) is 7.69. The Morgan fingerprint density at radius 1 is 1.10 bits per heavy atom. The van der Waals surface area contributed by atoms with Gasteiger partial charge in [-0.15, -0.1) is 0 Å². The van der Waals surface area contributed by atoms with Gasteiger partial charge >= 0.3 is 0 Å². The predicted octanol–water partition coefficient (Wildman–Crippen LogP) is 5.12. The molecule has 0 bridgehead atoms. The molecule has 0 saturated carbocycles. The van der Waals surface area contributed by atoms with E-state index in [1.807, 2.05) is 39.0 Å². The number of ether oxygens (including phenoxy) is 2. The van der Waals surface area contributed by atoms with Crippen LogP contribution >= 0.6 is 11.8 Å². The molecule has 0 aliphatic carbocycles. The fourth-order valence-electron chi connectivity index (χ4n) is 2.98. The van der Waals surface area contributed by atoms with Crippen LogP contribution in [-0.2, 0) is 11.4 Å². The monoisotopic (exact) mass is 428 g/mol. The molecule has 0 atom stereocenters. The van der Waals surface area contributed by atoms with Gasteiger partial charge in [-0.1, -0.05) is 18.2 Å². The molecule has 0 N–H and O–H groups in total. The summed E-state index contributed by atoms with van der Waals surface area (Å²) in [6.07, 6.45) is 1.84. The van der Waals surface area contributed by atoms with Crippen molar-refractivity contribution < 1.29 is 18.7 Å². The zero-order chi connectivity index (χ0) is 21.5. The Morgan fingerprint density at radius 3 is 2.63 bits per heavy atom. The molecule has 7 heteroatoms. The predicted molar refractivity (Wildman–Crippen MR) is 119 cm³/mol. The van der Waals surface area contributed by atoms with Crippen LogP contribution in [-0.4, -0.2) is 35.7 Å². The Hall–Kier alpha value is -2.80. The number of aliphatic imine (C=N–C) groups is 1. The molecule has 158 valence electrons. The largest absolute Gasteiger partial charge is 0.490 e. The number of halogens is 1. The minimum atomic E-state index is -0.297. The summed E-state index contributed by atoms with van der Waals surface area (Å²) in [5.41, 5.74) is 1.57. The van der Waals surface area contributed by atoms with Crippen LogP contribution in [0.4, 0.5) is 4.39 Å². The van der Waals surface area contributed by atoms with Crippen LogP contribution in [0.3, 0.4) is 0 Å². The van der Waals surface area contributed by atoms with E-state index in [0.29, 0.717) is 36.1 Å². The molecule has 1 saturated heterocycles. The van der Waals surface area contributed by atoms with Crippen molar-refractivity contribution in [1.82, 2.24) is 4.90 Å². The number of benzene rings is 2. The van der Waals surface area contributed by atoms with Gasteiger partial charge in [0.15, 0.2) is 16.7 Å². The van der Waals surface area contributed by atoms with Crippen LogP contribution in [0.2, 0.25) is 0 Å². The Morgan fingerprint density at radius 2 is 1.93 bits per heavy atom. The van der Waals surface area contributed by atoms with E-state index in [4.69, 9.17) is 9.47 Å². The van der Waals surface area contributed by atoms with E-state index >= 15 is 0 Å². The summed E-state index contributed by atoms with van der Waals surface area (Å²) in [5, 5.41) is 0.733. The second-order valence-corrected chi connectivity index (χ2v) is 7.48. The number of rotatable bonds is 8. The molecule has 2 aromatic rings. The van der Waals surface area contributed by atoms with Gasteiger partial charge in [0.2, 0.25) is 0 Å². The maximum absolute atomic E-state index is 13.4. The number of carbonyl (C=O) groups is 1. The number of amides is 1. The Kier molecular flexibility index (Phi) is 7.52. The number of thioether (sulfide) groups is 1. The summed E-state index contributed by atoms with van der Waals surface area (Å²) in [7, 11) is 0. The second kappa shape index (κ2) is 10.3. The van der Waals surface area contributed by atoms with Crippen molar-refractivity contribution in [1.29, 1.82) is 0 Å². The third-order valence-electron chi connectivity index (χ3n) is 4.35. The van der Waals surface area contributed by atoms with Crippen LogP contribution in [0, 0.1) is 5.82 Å². The van der Waals surface area contributed by atoms with Gasteiger partial charge in [0.05, 0.1) is 11.5 Å². The van der Waals surface area contributed by atoms with Gasteiger partial charge in [0, 0.05) is 13.1 Å². The van der Waals surface area contributed by atoms with Gasteiger partial charge < -0.3 is 9.47 Å². The molecule has 1 amide bonds. The van der Waals surface area contributed by atoms with Crippen molar-refractivity contribution in [3.8, 4) is 11.5 Å². The van der Waals surface area contributed by atoms with E-state index in [1.54, 1.807) is 23.1 Å². The van der Waals surface area contributed by atoms with Crippen LogP contribution in [0.15, 0.2) is 52.4 Å². The van der Waals surface area contributed by atoms with Crippen molar-refractivity contribution in [2.75, 3.05) is 19.7 Å². The van der Waals surface area contributed by atoms with Crippen molar-refractivity contribution in [2.24, 2.45) is 4.99 Å². The lowest BCUT2D eigenvalue weighted by Crippen LogP contribution is -2.28. The third kappa shape index (κ3) is 5.21. The molecule has 1 aliphatic rings. The van der Waals surface area contributed by atoms with E-state index < -0.39 is 0 Å². The molecule has 1 fully saturated rings. The van der Waals surface area contributed by atoms with Gasteiger partial charge in [-0.25, -0.2) is 4.39 Å². The fraction of sp³-hybridized carbons (Fsp3) is 0.304. The van der Waals surface area contributed by atoms with Gasteiger partial charge in [-0.05, 0) is 74.0 Å². The summed E-state index contributed by atoms with van der Waals surface area (Å²) in [4.78, 5) is 19.4. The standard InChI is InChI=1S/C23H25FN2O3S/c1-4-25-23-26(5-2)22(27)21(30-23)14-16-10-11-19(20(13-16)28-6-3)29-15-17-8-7-9-18(24)12-17/h7-14H,4-6,15H2,1-3H3/b21-14+,25-23?. The zero-order valence-corrected chi connectivity index (χ0v) is 18.2. The lowest BCUT2D eigenvalue weighted by Gasteiger charge is -2.13. The summed E-state index contributed by atoms with van der Waals surface area (Å²) in [5.74, 6) is 0.804. The molecule has 0 unspecified atom stereocenters. The van der Waals surface area contributed by atoms with Crippen molar-refractivity contribution in [3.63, 3.8) is 0 Å². The number of hydrogen-bond donors (Lipinski definition) is 0. The zero-order valence-electron chi connectivity index (χ0n) is 17.4. The van der Waals surface area contributed by atoms with Gasteiger partial charge in [0.25, 0.3) is 5.91 Å². The molecule has 3 rings (SSSR count). The number of amidine groups is 1. The van der Waals surface area contributed by atoms with E-state index in [1.165, 1.54) is 23.9 Å². The quantitative estimate of drug-likeness (QED) is 0.548. The lowest BCUT2D eigenvalue weighted by atomic mass is 10.1. The third-order valence-corrected chi connectivity index (χ3v) is 5.39. The molecule has 1 heterocycles. The van der Waals surface area contributed by atoms with E-state index in [2.05, 4.69) is 4.99 Å². The molecule has 5 nitrogen and oxygen atoms in total. The first kappa shape index (κ1) is 21.9. The highest BCUT2D eigenvalue weighted by Gasteiger charge is 2.31. The number of hydrogen-bond acceptors (Lipinski definition) is 5.